The minimum atomic E-state index is -0.254. The lowest BCUT2D eigenvalue weighted by Crippen LogP contribution is -2.22. The van der Waals surface area contributed by atoms with Crippen LogP contribution in [0.25, 0.3) is 10.9 Å². The van der Waals surface area contributed by atoms with Crippen LogP contribution in [0.15, 0.2) is 81.1 Å². The first-order valence-corrected chi connectivity index (χ1v) is 11.6. The van der Waals surface area contributed by atoms with E-state index in [0.29, 0.717) is 34.6 Å². The third kappa shape index (κ3) is 5.58. The van der Waals surface area contributed by atoms with Gasteiger partial charge in [-0.1, -0.05) is 52.7 Å². The molecular weight excluding hydrogens is 496 g/mol. The Labute approximate surface area is 205 Å². The summed E-state index contributed by atoms with van der Waals surface area (Å²) in [6, 6.07) is 20.1. The number of hydrogen-bond donors (Lipinski definition) is 1. The fourth-order valence-electron chi connectivity index (χ4n) is 3.33. The van der Waals surface area contributed by atoms with Crippen LogP contribution >= 0.6 is 15.9 Å². The van der Waals surface area contributed by atoms with E-state index in [4.69, 9.17) is 4.74 Å². The van der Waals surface area contributed by atoms with Gasteiger partial charge in [0.2, 0.25) is 0 Å². The van der Waals surface area contributed by atoms with Crippen LogP contribution in [0.1, 0.15) is 23.9 Å². The van der Waals surface area contributed by atoms with Gasteiger partial charge in [0.15, 0.2) is 6.61 Å². The smallest absolute Gasteiger partial charge is 0.282 e. The molecule has 0 aliphatic carbocycles. The molecule has 1 heterocycles. The van der Waals surface area contributed by atoms with E-state index in [1.165, 1.54) is 4.68 Å². The van der Waals surface area contributed by atoms with Gasteiger partial charge in [0.25, 0.3) is 11.5 Å². The number of nitrogens with one attached hydrogen (secondary N) is 1. The number of aromatic nitrogens is 2. The molecule has 4 aromatic rings. The van der Waals surface area contributed by atoms with Crippen LogP contribution < -0.4 is 15.6 Å². The van der Waals surface area contributed by atoms with E-state index in [-0.39, 0.29) is 18.1 Å². The predicted molar refractivity (Wildman–Crippen MR) is 138 cm³/mol. The third-order valence-electron chi connectivity index (χ3n) is 5.08. The molecular formula is C26H23BrN4O3. The van der Waals surface area contributed by atoms with Crippen molar-refractivity contribution in [2.75, 3.05) is 11.9 Å². The SMILES string of the molecule is CCc1nc2ccc(Br)cc2c(=O)n1N=Cc1cccc(OCC(=O)Nc2ccc(C)cc2)c1. The van der Waals surface area contributed by atoms with Crippen LogP contribution in [0.2, 0.25) is 0 Å². The van der Waals surface area contributed by atoms with Crippen molar-refractivity contribution in [2.45, 2.75) is 20.3 Å². The molecule has 1 aromatic heterocycles. The Morgan fingerprint density at radius 2 is 1.94 bits per heavy atom. The second-order valence-electron chi connectivity index (χ2n) is 7.68. The molecule has 4 rings (SSSR count). The number of aryl methyl sites for hydroxylation is 2. The summed E-state index contributed by atoms with van der Waals surface area (Å²) in [6.07, 6.45) is 2.13. The second-order valence-corrected chi connectivity index (χ2v) is 8.60. The van der Waals surface area contributed by atoms with Crippen LogP contribution in [0.5, 0.6) is 5.75 Å². The van der Waals surface area contributed by atoms with E-state index in [9.17, 15) is 9.59 Å². The van der Waals surface area contributed by atoms with Crippen LogP contribution in [-0.2, 0) is 11.2 Å². The Balaban J connectivity index is 1.49. The van der Waals surface area contributed by atoms with E-state index >= 15 is 0 Å². The highest BCUT2D eigenvalue weighted by atomic mass is 79.9. The van der Waals surface area contributed by atoms with E-state index in [1.807, 2.05) is 56.3 Å². The van der Waals surface area contributed by atoms with Gasteiger partial charge < -0.3 is 10.1 Å². The van der Waals surface area contributed by atoms with Gasteiger partial charge in [-0.3, -0.25) is 9.59 Å². The summed E-state index contributed by atoms with van der Waals surface area (Å²) in [5.41, 5.74) is 2.96. The van der Waals surface area contributed by atoms with Gasteiger partial charge in [-0.25, -0.2) is 4.98 Å². The summed E-state index contributed by atoms with van der Waals surface area (Å²) in [7, 11) is 0. The normalized spacial score (nSPS) is 11.1. The maximum absolute atomic E-state index is 13.0. The zero-order chi connectivity index (χ0) is 24.1. The molecule has 0 saturated carbocycles. The number of hydrogen-bond acceptors (Lipinski definition) is 5. The summed E-state index contributed by atoms with van der Waals surface area (Å²) in [6.45, 7) is 3.78. The van der Waals surface area contributed by atoms with Crippen LogP contribution in [0.3, 0.4) is 0 Å². The van der Waals surface area contributed by atoms with E-state index in [0.717, 1.165) is 15.6 Å². The largest absolute Gasteiger partial charge is 0.484 e. The van der Waals surface area contributed by atoms with Crippen molar-refractivity contribution in [1.29, 1.82) is 0 Å². The lowest BCUT2D eigenvalue weighted by molar-refractivity contribution is -0.118. The first-order valence-electron chi connectivity index (χ1n) is 10.8. The number of carbonyl (C=O) groups excluding carboxylic acids is 1. The van der Waals surface area contributed by atoms with Crippen molar-refractivity contribution in [1.82, 2.24) is 9.66 Å². The number of anilines is 1. The molecule has 3 aromatic carbocycles. The number of halogens is 1. The first-order chi connectivity index (χ1) is 16.4. The number of fused-ring (bicyclic) bond motifs is 1. The molecule has 0 bridgehead atoms. The van der Waals surface area contributed by atoms with Crippen molar-refractivity contribution in [2.24, 2.45) is 5.10 Å². The molecule has 0 atom stereocenters. The van der Waals surface area contributed by atoms with Gasteiger partial charge in [0.1, 0.15) is 11.6 Å². The molecule has 0 aliphatic heterocycles. The molecule has 0 unspecified atom stereocenters. The molecule has 7 nitrogen and oxygen atoms in total. The first kappa shape index (κ1) is 23.4. The Morgan fingerprint density at radius 3 is 2.71 bits per heavy atom. The van der Waals surface area contributed by atoms with Crippen molar-refractivity contribution < 1.29 is 9.53 Å². The summed E-state index contributed by atoms with van der Waals surface area (Å²) in [5, 5.41) is 7.68. The Hall–Kier alpha value is -3.78. The Kier molecular flexibility index (Phi) is 7.18. The molecule has 172 valence electrons. The monoisotopic (exact) mass is 518 g/mol. The zero-order valence-electron chi connectivity index (χ0n) is 18.8. The molecule has 0 aliphatic rings. The fourth-order valence-corrected chi connectivity index (χ4v) is 3.70. The summed E-state index contributed by atoms with van der Waals surface area (Å²) in [4.78, 5) is 29.8. The number of amides is 1. The third-order valence-corrected chi connectivity index (χ3v) is 5.57. The van der Waals surface area contributed by atoms with Crippen molar-refractivity contribution in [3.8, 4) is 5.75 Å². The number of carbonyl (C=O) groups is 1. The van der Waals surface area contributed by atoms with Gasteiger partial charge in [-0.2, -0.15) is 9.78 Å². The number of ether oxygens (including phenoxy) is 1. The highest BCUT2D eigenvalue weighted by Crippen LogP contribution is 2.17. The number of nitrogens with zero attached hydrogens (tertiary/aromatic N) is 3. The molecule has 0 radical (unpaired) electrons. The zero-order valence-corrected chi connectivity index (χ0v) is 20.4. The Bertz CT molecular complexity index is 1430. The second kappa shape index (κ2) is 10.4. The van der Waals surface area contributed by atoms with Gasteiger partial charge in [-0.15, -0.1) is 0 Å². The average Bonchev–Trinajstić information content (AvgIpc) is 2.84. The highest BCUT2D eigenvalue weighted by Gasteiger charge is 2.10. The molecule has 0 saturated heterocycles. The van der Waals surface area contributed by atoms with Crippen molar-refractivity contribution in [3.05, 3.63) is 98.5 Å². The minimum Gasteiger partial charge on any atom is -0.484 e. The van der Waals surface area contributed by atoms with E-state index < -0.39 is 0 Å². The summed E-state index contributed by atoms with van der Waals surface area (Å²) < 4.78 is 7.75. The lowest BCUT2D eigenvalue weighted by atomic mass is 10.2. The topological polar surface area (TPSA) is 85.6 Å². The van der Waals surface area contributed by atoms with Crippen LogP contribution in [-0.4, -0.2) is 28.4 Å². The lowest BCUT2D eigenvalue weighted by Gasteiger charge is -2.09. The molecule has 34 heavy (non-hydrogen) atoms. The standard InChI is InChI=1S/C26H23BrN4O3/c1-3-24-30-23-12-9-19(27)14-22(23)26(33)31(24)28-15-18-5-4-6-21(13-18)34-16-25(32)29-20-10-7-17(2)8-11-20/h4-15H,3,16H2,1-2H3,(H,29,32). The fraction of sp³-hybridized carbons (Fsp3) is 0.154. The maximum Gasteiger partial charge on any atom is 0.282 e. The average molecular weight is 519 g/mol. The summed E-state index contributed by atoms with van der Waals surface area (Å²) >= 11 is 3.40. The molecule has 8 heteroatoms. The van der Waals surface area contributed by atoms with Gasteiger partial charge >= 0.3 is 0 Å². The maximum atomic E-state index is 13.0. The quantitative estimate of drug-likeness (QED) is 0.351. The minimum absolute atomic E-state index is 0.128. The van der Waals surface area contributed by atoms with Gasteiger partial charge in [0.05, 0.1) is 17.1 Å². The summed E-state index contributed by atoms with van der Waals surface area (Å²) in [5.74, 6) is 0.832. The van der Waals surface area contributed by atoms with Gasteiger partial charge in [0, 0.05) is 16.6 Å². The predicted octanol–water partition coefficient (Wildman–Crippen LogP) is 4.93. The van der Waals surface area contributed by atoms with Crippen LogP contribution in [0, 0.1) is 6.92 Å². The van der Waals surface area contributed by atoms with Crippen LogP contribution in [0.4, 0.5) is 5.69 Å². The van der Waals surface area contributed by atoms with E-state index in [1.54, 1.807) is 30.5 Å². The van der Waals surface area contributed by atoms with E-state index in [2.05, 4.69) is 31.3 Å². The molecule has 0 spiro atoms. The highest BCUT2D eigenvalue weighted by molar-refractivity contribution is 9.10. The number of benzene rings is 3. The Morgan fingerprint density at radius 1 is 1.15 bits per heavy atom. The van der Waals surface area contributed by atoms with Crippen molar-refractivity contribution in [3.63, 3.8) is 0 Å². The van der Waals surface area contributed by atoms with Crippen molar-refractivity contribution >= 4 is 44.6 Å². The molecule has 1 amide bonds. The number of rotatable bonds is 7. The molecule has 1 N–H and O–H groups in total. The van der Waals surface area contributed by atoms with Gasteiger partial charge in [-0.05, 0) is 55.0 Å². The molecule has 0 fully saturated rings.